The van der Waals surface area contributed by atoms with Gasteiger partial charge in [0.1, 0.15) is 0 Å². The van der Waals surface area contributed by atoms with E-state index in [4.69, 9.17) is 5.11 Å². The molecule has 0 bridgehead atoms. The van der Waals surface area contributed by atoms with E-state index in [-0.39, 0.29) is 31.3 Å². The van der Waals surface area contributed by atoms with Crippen LogP contribution in [-0.4, -0.2) is 58.9 Å². The largest absolute Gasteiger partial charge is 0.480 e. The van der Waals surface area contributed by atoms with Gasteiger partial charge >= 0.3 is 5.97 Å². The Morgan fingerprint density at radius 3 is 2.69 bits per heavy atom. The Bertz CT molecular complexity index is 340. The molecular weight excluding hydrogens is 212 g/mol. The minimum absolute atomic E-state index is 0.0381. The van der Waals surface area contributed by atoms with Crippen molar-refractivity contribution < 1.29 is 19.5 Å². The standard InChI is InChI=1S/C10H14N2O4/c1-3-4-12(6-9(14)15)7-5-8(13)11(2)10(7)16/h3,7H,1,4-6H2,2H3,(H,14,15). The Hall–Kier alpha value is -1.69. The highest BCUT2D eigenvalue weighted by molar-refractivity contribution is 6.05. The van der Waals surface area contributed by atoms with Gasteiger partial charge in [-0.15, -0.1) is 6.58 Å². The number of nitrogens with zero attached hydrogens (tertiary/aromatic N) is 2. The number of aliphatic carboxylic acids is 1. The van der Waals surface area contributed by atoms with E-state index in [9.17, 15) is 14.4 Å². The third kappa shape index (κ3) is 2.46. The third-order valence-corrected chi connectivity index (χ3v) is 2.50. The summed E-state index contributed by atoms with van der Waals surface area (Å²) in [6.45, 7) is 3.49. The van der Waals surface area contributed by atoms with E-state index < -0.39 is 12.0 Å². The van der Waals surface area contributed by atoms with Crippen LogP contribution < -0.4 is 0 Å². The highest BCUT2D eigenvalue weighted by Gasteiger charge is 2.39. The van der Waals surface area contributed by atoms with Crippen molar-refractivity contribution in [1.82, 2.24) is 9.80 Å². The lowest BCUT2D eigenvalue weighted by Gasteiger charge is -2.23. The van der Waals surface area contributed by atoms with Gasteiger partial charge in [-0.2, -0.15) is 0 Å². The number of imide groups is 1. The Labute approximate surface area is 93.1 Å². The fourth-order valence-electron chi connectivity index (χ4n) is 1.66. The van der Waals surface area contributed by atoms with Crippen molar-refractivity contribution in [2.45, 2.75) is 12.5 Å². The van der Waals surface area contributed by atoms with Gasteiger partial charge in [-0.05, 0) is 0 Å². The van der Waals surface area contributed by atoms with Gasteiger partial charge in [-0.3, -0.25) is 24.2 Å². The zero-order valence-electron chi connectivity index (χ0n) is 9.05. The van der Waals surface area contributed by atoms with Crippen LogP contribution in [0.3, 0.4) is 0 Å². The lowest BCUT2D eigenvalue weighted by molar-refractivity contribution is -0.140. The molecule has 0 aliphatic carbocycles. The van der Waals surface area contributed by atoms with Crippen LogP contribution in [0.1, 0.15) is 6.42 Å². The SMILES string of the molecule is C=CCN(CC(=O)O)C1CC(=O)N(C)C1=O. The van der Waals surface area contributed by atoms with Crippen molar-refractivity contribution in [3.05, 3.63) is 12.7 Å². The summed E-state index contributed by atoms with van der Waals surface area (Å²) in [5.41, 5.74) is 0. The minimum atomic E-state index is -1.03. The second-order valence-corrected chi connectivity index (χ2v) is 3.62. The molecule has 1 fully saturated rings. The van der Waals surface area contributed by atoms with E-state index >= 15 is 0 Å². The highest BCUT2D eigenvalue weighted by atomic mass is 16.4. The zero-order chi connectivity index (χ0) is 12.3. The summed E-state index contributed by atoms with van der Waals surface area (Å²) < 4.78 is 0. The molecule has 1 aliphatic heterocycles. The predicted octanol–water partition coefficient (Wildman–Crippen LogP) is -0.684. The molecule has 1 unspecified atom stereocenters. The van der Waals surface area contributed by atoms with E-state index in [1.807, 2.05) is 0 Å². The first-order valence-corrected chi connectivity index (χ1v) is 4.84. The maximum atomic E-state index is 11.6. The van der Waals surface area contributed by atoms with Gasteiger partial charge < -0.3 is 5.11 Å². The highest BCUT2D eigenvalue weighted by Crippen LogP contribution is 2.16. The van der Waals surface area contributed by atoms with E-state index in [2.05, 4.69) is 6.58 Å². The molecule has 1 N–H and O–H groups in total. The zero-order valence-corrected chi connectivity index (χ0v) is 9.05. The van der Waals surface area contributed by atoms with Crippen LogP contribution in [0.2, 0.25) is 0 Å². The number of carboxylic acid groups (broad SMARTS) is 1. The molecule has 6 nitrogen and oxygen atoms in total. The van der Waals surface area contributed by atoms with Gasteiger partial charge in [0.05, 0.1) is 19.0 Å². The van der Waals surface area contributed by atoms with Crippen LogP contribution in [0.25, 0.3) is 0 Å². The molecule has 6 heteroatoms. The van der Waals surface area contributed by atoms with Crippen molar-refractivity contribution >= 4 is 17.8 Å². The van der Waals surface area contributed by atoms with Gasteiger partial charge in [0.15, 0.2) is 0 Å². The molecule has 1 rings (SSSR count). The molecule has 1 heterocycles. The summed E-state index contributed by atoms with van der Waals surface area (Å²) in [6.07, 6.45) is 1.55. The first kappa shape index (κ1) is 12.4. The number of likely N-dealkylation sites (tertiary alicyclic amines) is 1. The van der Waals surface area contributed by atoms with E-state index in [0.717, 1.165) is 4.90 Å². The lowest BCUT2D eigenvalue weighted by atomic mass is 10.2. The number of hydrogen-bond donors (Lipinski definition) is 1. The number of carbonyl (C=O) groups is 3. The fourth-order valence-corrected chi connectivity index (χ4v) is 1.66. The second-order valence-electron chi connectivity index (χ2n) is 3.62. The molecule has 0 aromatic carbocycles. The molecule has 0 aromatic rings. The van der Waals surface area contributed by atoms with Crippen LogP contribution in [0.4, 0.5) is 0 Å². The van der Waals surface area contributed by atoms with Crippen LogP contribution in [0.5, 0.6) is 0 Å². The van der Waals surface area contributed by atoms with Crippen LogP contribution in [0.15, 0.2) is 12.7 Å². The number of carboxylic acids is 1. The molecule has 16 heavy (non-hydrogen) atoms. The van der Waals surface area contributed by atoms with Crippen molar-refractivity contribution in [3.63, 3.8) is 0 Å². The summed E-state index contributed by atoms with van der Waals surface area (Å²) in [6, 6.07) is -0.674. The average molecular weight is 226 g/mol. The molecule has 88 valence electrons. The summed E-state index contributed by atoms with van der Waals surface area (Å²) >= 11 is 0. The van der Waals surface area contributed by atoms with E-state index in [0.29, 0.717) is 0 Å². The van der Waals surface area contributed by atoms with Gasteiger partial charge in [-0.1, -0.05) is 6.08 Å². The van der Waals surface area contributed by atoms with Gasteiger partial charge in [-0.25, -0.2) is 0 Å². The fraction of sp³-hybridized carbons (Fsp3) is 0.500. The molecular formula is C10H14N2O4. The summed E-state index contributed by atoms with van der Waals surface area (Å²) in [5, 5.41) is 8.70. The van der Waals surface area contributed by atoms with Gasteiger partial charge in [0.25, 0.3) is 0 Å². The Kier molecular flexibility index (Phi) is 3.78. The summed E-state index contributed by atoms with van der Waals surface area (Å²) in [5.74, 6) is -1.67. The van der Waals surface area contributed by atoms with Crippen molar-refractivity contribution in [2.24, 2.45) is 0 Å². The van der Waals surface area contributed by atoms with Crippen molar-refractivity contribution in [2.75, 3.05) is 20.1 Å². The third-order valence-electron chi connectivity index (χ3n) is 2.50. The number of rotatable bonds is 5. The molecule has 1 saturated heterocycles. The van der Waals surface area contributed by atoms with Crippen molar-refractivity contribution in [3.8, 4) is 0 Å². The molecule has 1 aliphatic rings. The number of hydrogen-bond acceptors (Lipinski definition) is 4. The maximum Gasteiger partial charge on any atom is 0.317 e. The minimum Gasteiger partial charge on any atom is -0.480 e. The average Bonchev–Trinajstić information content (AvgIpc) is 2.45. The molecule has 0 saturated carbocycles. The smallest absolute Gasteiger partial charge is 0.317 e. The monoisotopic (exact) mass is 226 g/mol. The lowest BCUT2D eigenvalue weighted by Crippen LogP contribution is -2.43. The molecule has 2 amide bonds. The number of amides is 2. The maximum absolute atomic E-state index is 11.6. The van der Waals surface area contributed by atoms with E-state index in [1.54, 1.807) is 0 Å². The normalized spacial score (nSPS) is 20.6. The first-order chi connectivity index (χ1) is 7.47. The van der Waals surface area contributed by atoms with E-state index in [1.165, 1.54) is 18.0 Å². The Morgan fingerprint density at radius 2 is 2.31 bits per heavy atom. The Morgan fingerprint density at radius 1 is 1.69 bits per heavy atom. The van der Waals surface area contributed by atoms with Crippen molar-refractivity contribution in [1.29, 1.82) is 0 Å². The molecule has 0 aromatic heterocycles. The number of likely N-dealkylation sites (N-methyl/N-ethyl adjacent to an activating group) is 1. The summed E-state index contributed by atoms with van der Waals surface area (Å²) in [7, 11) is 1.40. The van der Waals surface area contributed by atoms with Gasteiger partial charge in [0.2, 0.25) is 11.8 Å². The predicted molar refractivity (Wildman–Crippen MR) is 55.6 cm³/mol. The quantitative estimate of drug-likeness (QED) is 0.496. The molecule has 0 radical (unpaired) electrons. The molecule has 1 atom stereocenters. The van der Waals surface area contributed by atoms with Gasteiger partial charge in [0, 0.05) is 13.6 Å². The van der Waals surface area contributed by atoms with Crippen LogP contribution >= 0.6 is 0 Å². The topological polar surface area (TPSA) is 77.9 Å². The van der Waals surface area contributed by atoms with Crippen LogP contribution in [0, 0.1) is 0 Å². The molecule has 0 spiro atoms. The first-order valence-electron chi connectivity index (χ1n) is 4.84. The second kappa shape index (κ2) is 4.89. The summed E-state index contributed by atoms with van der Waals surface area (Å²) in [4.78, 5) is 36.0. The number of carbonyl (C=O) groups excluding carboxylic acids is 2. The Balaban J connectivity index is 2.79. The van der Waals surface area contributed by atoms with Crippen LogP contribution in [-0.2, 0) is 14.4 Å².